The summed E-state index contributed by atoms with van der Waals surface area (Å²) in [5, 5.41) is 0. The van der Waals surface area contributed by atoms with Gasteiger partial charge in [-0.1, -0.05) is 67.9 Å². The Hall–Kier alpha value is -2.54. The molecule has 3 aromatic carbocycles. The van der Waals surface area contributed by atoms with Crippen molar-refractivity contribution < 1.29 is 20.1 Å². The zero-order chi connectivity index (χ0) is 20.2. The van der Waals surface area contributed by atoms with Gasteiger partial charge in [-0.2, -0.15) is 0 Å². The van der Waals surface area contributed by atoms with E-state index >= 15 is 0 Å². The minimum atomic E-state index is -0.0452. The third kappa shape index (κ3) is 3.07. The molecule has 1 aliphatic rings. The number of rotatable bonds is 2. The maximum absolute atomic E-state index is 4.54. The van der Waals surface area contributed by atoms with Crippen molar-refractivity contribution in [3.63, 3.8) is 0 Å². The molecule has 0 saturated carbocycles. The van der Waals surface area contributed by atoms with Crippen LogP contribution in [0.4, 0.5) is 0 Å². The van der Waals surface area contributed by atoms with Gasteiger partial charge in [0.1, 0.15) is 0 Å². The number of nitrogens with zero attached hydrogens (tertiary/aromatic N) is 1. The number of hydrogen-bond donors (Lipinski definition) is 0. The van der Waals surface area contributed by atoms with Crippen LogP contribution in [-0.4, -0.2) is 4.98 Å². The Morgan fingerprint density at radius 2 is 1.50 bits per heavy atom. The molecular weight excluding hydrogens is 543 g/mol. The molecule has 0 atom stereocenters. The molecule has 0 amide bonds. The predicted molar refractivity (Wildman–Crippen MR) is 121 cm³/mol. The van der Waals surface area contributed by atoms with Crippen LogP contribution in [0.25, 0.3) is 33.5 Å². The van der Waals surface area contributed by atoms with Gasteiger partial charge in [0.05, 0.1) is 0 Å². The molecule has 0 bridgehead atoms. The molecule has 30 heavy (non-hydrogen) atoms. The third-order valence-corrected chi connectivity index (χ3v) is 6.32. The standard InChI is InChI=1S/C28H24N.Ir/c1-18-9-7-10-19(2)26(18)21-11-8-12-24-27(21)22-17-20(25-13-5-6-16-29-25)14-15-23(22)28(24,3)4;/h5-13,15-17H,1-4H3;/q-1;. The van der Waals surface area contributed by atoms with Crippen LogP contribution in [0.15, 0.2) is 72.9 Å². The molecule has 0 aliphatic heterocycles. The van der Waals surface area contributed by atoms with Crippen LogP contribution in [-0.2, 0) is 25.5 Å². The molecule has 151 valence electrons. The maximum Gasteiger partial charge on any atom is 0.0160 e. The van der Waals surface area contributed by atoms with Crippen molar-refractivity contribution in [2.24, 2.45) is 0 Å². The summed E-state index contributed by atoms with van der Waals surface area (Å²) in [6.07, 6.45) is 1.84. The van der Waals surface area contributed by atoms with Crippen LogP contribution in [0.3, 0.4) is 0 Å². The van der Waals surface area contributed by atoms with Crippen molar-refractivity contribution in [3.8, 4) is 33.5 Å². The summed E-state index contributed by atoms with van der Waals surface area (Å²) in [5.74, 6) is 0. The van der Waals surface area contributed by atoms with E-state index in [0.29, 0.717) is 0 Å². The molecule has 1 aromatic heterocycles. The van der Waals surface area contributed by atoms with Gasteiger partial charge in [-0.05, 0) is 64.4 Å². The van der Waals surface area contributed by atoms with E-state index in [1.54, 1.807) is 0 Å². The van der Waals surface area contributed by atoms with E-state index < -0.39 is 0 Å². The first-order valence-electron chi connectivity index (χ1n) is 10.2. The van der Waals surface area contributed by atoms with E-state index in [1.165, 1.54) is 44.5 Å². The third-order valence-electron chi connectivity index (χ3n) is 6.32. The summed E-state index contributed by atoms with van der Waals surface area (Å²) in [6, 6.07) is 27.3. The first kappa shape index (κ1) is 20.7. The first-order valence-corrected chi connectivity index (χ1v) is 10.2. The summed E-state index contributed by atoms with van der Waals surface area (Å²) >= 11 is 0. The van der Waals surface area contributed by atoms with Crippen LogP contribution in [0.2, 0.25) is 0 Å². The fourth-order valence-electron chi connectivity index (χ4n) is 4.84. The van der Waals surface area contributed by atoms with Gasteiger partial charge >= 0.3 is 0 Å². The van der Waals surface area contributed by atoms with Crippen LogP contribution < -0.4 is 0 Å². The summed E-state index contributed by atoms with van der Waals surface area (Å²) in [4.78, 5) is 4.54. The minimum Gasteiger partial charge on any atom is -0.305 e. The molecule has 1 radical (unpaired) electrons. The van der Waals surface area contributed by atoms with E-state index in [1.807, 2.05) is 18.3 Å². The van der Waals surface area contributed by atoms with Gasteiger partial charge < -0.3 is 4.98 Å². The number of aromatic nitrogens is 1. The molecule has 0 N–H and O–H groups in total. The Morgan fingerprint density at radius 1 is 0.767 bits per heavy atom. The molecule has 0 saturated heterocycles. The number of fused-ring (bicyclic) bond motifs is 3. The van der Waals surface area contributed by atoms with E-state index in [9.17, 15) is 0 Å². The van der Waals surface area contributed by atoms with Crippen molar-refractivity contribution >= 4 is 0 Å². The number of benzene rings is 3. The van der Waals surface area contributed by atoms with Crippen molar-refractivity contribution in [2.45, 2.75) is 33.1 Å². The Morgan fingerprint density at radius 3 is 2.20 bits per heavy atom. The van der Waals surface area contributed by atoms with Crippen molar-refractivity contribution in [1.82, 2.24) is 4.98 Å². The topological polar surface area (TPSA) is 12.9 Å². The van der Waals surface area contributed by atoms with Crippen LogP contribution >= 0.6 is 0 Å². The Bertz CT molecular complexity index is 1220. The molecule has 1 nitrogen and oxygen atoms in total. The zero-order valence-electron chi connectivity index (χ0n) is 17.7. The van der Waals surface area contributed by atoms with Gasteiger partial charge in [0.15, 0.2) is 0 Å². The fraction of sp³-hybridized carbons (Fsp3) is 0.179. The fourth-order valence-corrected chi connectivity index (χ4v) is 4.84. The number of aryl methyl sites for hydroxylation is 2. The monoisotopic (exact) mass is 567 g/mol. The zero-order valence-corrected chi connectivity index (χ0v) is 20.1. The second-order valence-corrected chi connectivity index (χ2v) is 8.51. The summed E-state index contributed by atoms with van der Waals surface area (Å²) in [7, 11) is 0. The predicted octanol–water partition coefficient (Wildman–Crippen LogP) is 7.14. The summed E-state index contributed by atoms with van der Waals surface area (Å²) in [5.41, 5.74) is 12.7. The Kier molecular flexibility index (Phi) is 5.26. The second-order valence-electron chi connectivity index (χ2n) is 8.51. The molecular formula is C28H24IrN-. The average molecular weight is 567 g/mol. The molecule has 2 heteroatoms. The van der Waals surface area contributed by atoms with Crippen LogP contribution in [0.1, 0.15) is 36.1 Å². The molecule has 0 unspecified atom stereocenters. The molecule has 0 spiro atoms. The minimum absolute atomic E-state index is 0. The number of hydrogen-bond acceptors (Lipinski definition) is 1. The van der Waals surface area contributed by atoms with Crippen LogP contribution in [0.5, 0.6) is 0 Å². The summed E-state index contributed by atoms with van der Waals surface area (Å²) < 4.78 is 0. The SMILES string of the molecule is Cc1cccc(C)c1-c1cccc2c1-c1cc(-c3ccccn3)[c-]cc1C2(C)C.[Ir]. The molecule has 5 rings (SSSR count). The molecule has 4 aromatic rings. The maximum atomic E-state index is 4.54. The number of pyridine rings is 1. The van der Waals surface area contributed by atoms with E-state index in [-0.39, 0.29) is 25.5 Å². The normalized spacial score (nSPS) is 13.3. The van der Waals surface area contributed by atoms with Gasteiger partial charge in [0.25, 0.3) is 0 Å². The van der Waals surface area contributed by atoms with Crippen molar-refractivity contribution in [3.05, 3.63) is 101 Å². The van der Waals surface area contributed by atoms with Crippen molar-refractivity contribution in [1.29, 1.82) is 0 Å². The van der Waals surface area contributed by atoms with Gasteiger partial charge in [-0.15, -0.1) is 29.3 Å². The quantitative estimate of drug-likeness (QED) is 0.235. The van der Waals surface area contributed by atoms with Gasteiger partial charge in [-0.3, -0.25) is 0 Å². The Balaban J connectivity index is 0.00000218. The second kappa shape index (κ2) is 7.61. The van der Waals surface area contributed by atoms with Gasteiger partial charge in [0.2, 0.25) is 0 Å². The van der Waals surface area contributed by atoms with Gasteiger partial charge in [0, 0.05) is 26.3 Å². The van der Waals surface area contributed by atoms with E-state index in [4.69, 9.17) is 0 Å². The van der Waals surface area contributed by atoms with E-state index in [0.717, 1.165) is 11.3 Å². The van der Waals surface area contributed by atoms with Crippen LogP contribution in [0, 0.1) is 19.9 Å². The molecule has 1 aliphatic carbocycles. The van der Waals surface area contributed by atoms with Crippen molar-refractivity contribution in [2.75, 3.05) is 0 Å². The largest absolute Gasteiger partial charge is 0.305 e. The molecule has 1 heterocycles. The Labute approximate surface area is 192 Å². The van der Waals surface area contributed by atoms with Gasteiger partial charge in [-0.25, -0.2) is 0 Å². The van der Waals surface area contributed by atoms with E-state index in [2.05, 4.69) is 93.3 Å². The summed E-state index contributed by atoms with van der Waals surface area (Å²) in [6.45, 7) is 9.06. The average Bonchev–Trinajstić information content (AvgIpc) is 2.96. The first-order chi connectivity index (χ1) is 14.0. The molecule has 0 fully saturated rings. The smallest absolute Gasteiger partial charge is 0.0160 e.